The van der Waals surface area contributed by atoms with Crippen molar-refractivity contribution < 1.29 is 9.90 Å². The number of carboxylic acid groups (broad SMARTS) is 1. The van der Waals surface area contributed by atoms with Gasteiger partial charge in [-0.1, -0.05) is 27.2 Å². The van der Waals surface area contributed by atoms with Gasteiger partial charge in [-0.3, -0.25) is 4.79 Å². The molecule has 0 heterocycles. The molecular formula is C10H21NO2. The molecule has 13 heavy (non-hydrogen) atoms. The van der Waals surface area contributed by atoms with Crippen molar-refractivity contribution in [2.24, 2.45) is 5.92 Å². The molecule has 0 aromatic carbocycles. The Morgan fingerprint density at radius 3 is 2.23 bits per heavy atom. The van der Waals surface area contributed by atoms with Gasteiger partial charge in [0.1, 0.15) is 6.04 Å². The Hall–Kier alpha value is -0.570. The summed E-state index contributed by atoms with van der Waals surface area (Å²) < 4.78 is 0. The van der Waals surface area contributed by atoms with Crippen LogP contribution in [0.3, 0.4) is 0 Å². The zero-order valence-electron chi connectivity index (χ0n) is 9.00. The maximum atomic E-state index is 10.8. The highest BCUT2D eigenvalue weighted by Crippen LogP contribution is 2.04. The molecule has 0 saturated heterocycles. The van der Waals surface area contributed by atoms with Crippen molar-refractivity contribution in [1.82, 2.24) is 5.32 Å². The van der Waals surface area contributed by atoms with E-state index in [-0.39, 0.29) is 12.1 Å². The molecule has 78 valence electrons. The van der Waals surface area contributed by atoms with Crippen molar-refractivity contribution in [1.29, 1.82) is 0 Å². The van der Waals surface area contributed by atoms with Gasteiger partial charge in [-0.15, -0.1) is 0 Å². The molecule has 0 aliphatic heterocycles. The van der Waals surface area contributed by atoms with Crippen LogP contribution in [-0.2, 0) is 4.79 Å². The molecule has 2 atom stereocenters. The first-order chi connectivity index (χ1) is 5.99. The predicted molar refractivity (Wildman–Crippen MR) is 53.8 cm³/mol. The van der Waals surface area contributed by atoms with Crippen LogP contribution in [0.25, 0.3) is 0 Å². The first-order valence-corrected chi connectivity index (χ1v) is 4.97. The van der Waals surface area contributed by atoms with E-state index < -0.39 is 5.97 Å². The normalized spacial score (nSPS) is 15.8. The van der Waals surface area contributed by atoms with E-state index in [1.54, 1.807) is 0 Å². The van der Waals surface area contributed by atoms with Crippen molar-refractivity contribution in [2.45, 2.75) is 52.6 Å². The summed E-state index contributed by atoms with van der Waals surface area (Å²) in [5, 5.41) is 12.0. The Labute approximate surface area is 80.5 Å². The molecule has 3 heteroatoms. The molecule has 0 aliphatic rings. The van der Waals surface area contributed by atoms with E-state index in [0.29, 0.717) is 12.3 Å². The Morgan fingerprint density at radius 2 is 1.92 bits per heavy atom. The lowest BCUT2D eigenvalue weighted by atomic mass is 10.0. The molecule has 0 spiro atoms. The smallest absolute Gasteiger partial charge is 0.320 e. The minimum absolute atomic E-state index is 0.257. The fourth-order valence-electron chi connectivity index (χ4n) is 1.08. The summed E-state index contributed by atoms with van der Waals surface area (Å²) in [6.07, 6.45) is 1.60. The van der Waals surface area contributed by atoms with Gasteiger partial charge in [0, 0.05) is 6.04 Å². The first-order valence-electron chi connectivity index (χ1n) is 4.97. The van der Waals surface area contributed by atoms with Gasteiger partial charge in [0.25, 0.3) is 0 Å². The van der Waals surface area contributed by atoms with Crippen molar-refractivity contribution in [2.75, 3.05) is 0 Å². The van der Waals surface area contributed by atoms with E-state index >= 15 is 0 Å². The molecule has 0 aliphatic carbocycles. The van der Waals surface area contributed by atoms with Crippen LogP contribution in [0.15, 0.2) is 0 Å². The highest BCUT2D eigenvalue weighted by atomic mass is 16.4. The number of hydrogen-bond donors (Lipinski definition) is 2. The van der Waals surface area contributed by atoms with Crippen LogP contribution < -0.4 is 5.32 Å². The highest BCUT2D eigenvalue weighted by molar-refractivity contribution is 5.73. The van der Waals surface area contributed by atoms with Gasteiger partial charge in [0.15, 0.2) is 0 Å². The minimum atomic E-state index is -0.741. The summed E-state index contributed by atoms with van der Waals surface area (Å²) >= 11 is 0. The van der Waals surface area contributed by atoms with Crippen LogP contribution >= 0.6 is 0 Å². The highest BCUT2D eigenvalue weighted by Gasteiger charge is 2.19. The van der Waals surface area contributed by atoms with Crippen LogP contribution in [0.5, 0.6) is 0 Å². The lowest BCUT2D eigenvalue weighted by molar-refractivity contribution is -0.140. The molecule has 0 saturated carbocycles. The lowest BCUT2D eigenvalue weighted by Crippen LogP contribution is -2.44. The molecule has 0 rings (SSSR count). The zero-order valence-corrected chi connectivity index (χ0v) is 9.00. The fraction of sp³-hybridized carbons (Fsp3) is 0.900. The van der Waals surface area contributed by atoms with Crippen LogP contribution in [-0.4, -0.2) is 23.2 Å². The second-order valence-electron chi connectivity index (χ2n) is 3.88. The number of hydrogen-bond acceptors (Lipinski definition) is 2. The lowest BCUT2D eigenvalue weighted by Gasteiger charge is -2.22. The van der Waals surface area contributed by atoms with E-state index in [1.807, 2.05) is 13.8 Å². The molecule has 0 aromatic rings. The van der Waals surface area contributed by atoms with Gasteiger partial charge >= 0.3 is 5.97 Å². The molecule has 2 N–H and O–H groups in total. The van der Waals surface area contributed by atoms with E-state index in [9.17, 15) is 4.79 Å². The zero-order chi connectivity index (χ0) is 10.4. The van der Waals surface area contributed by atoms with E-state index in [4.69, 9.17) is 5.11 Å². The summed E-state index contributed by atoms with van der Waals surface area (Å²) in [6.45, 7) is 8.19. The molecule has 0 amide bonds. The Balaban J connectivity index is 4.01. The largest absolute Gasteiger partial charge is 0.480 e. The summed E-state index contributed by atoms with van der Waals surface area (Å²) in [6, 6.07) is -0.130. The standard InChI is InChI=1S/C10H21NO2/c1-5-6-9(10(12)13)11-8(4)7(2)3/h7-9,11H,5-6H2,1-4H3,(H,12,13). The van der Waals surface area contributed by atoms with E-state index in [0.717, 1.165) is 6.42 Å². The molecule has 3 nitrogen and oxygen atoms in total. The summed E-state index contributed by atoms with van der Waals surface area (Å²) in [7, 11) is 0. The second-order valence-corrected chi connectivity index (χ2v) is 3.88. The third-order valence-corrected chi connectivity index (χ3v) is 2.34. The fourth-order valence-corrected chi connectivity index (χ4v) is 1.08. The van der Waals surface area contributed by atoms with Crippen LogP contribution in [0, 0.1) is 5.92 Å². The van der Waals surface area contributed by atoms with Crippen LogP contribution in [0.4, 0.5) is 0 Å². The molecule has 2 unspecified atom stereocenters. The number of aliphatic carboxylic acids is 1. The second kappa shape index (κ2) is 5.97. The molecular weight excluding hydrogens is 166 g/mol. The molecule has 0 fully saturated rings. The first kappa shape index (κ1) is 12.4. The number of carboxylic acids is 1. The average molecular weight is 187 g/mol. The van der Waals surface area contributed by atoms with E-state index in [1.165, 1.54) is 0 Å². The molecule has 0 bridgehead atoms. The van der Waals surface area contributed by atoms with Gasteiger partial charge in [-0.2, -0.15) is 0 Å². The van der Waals surface area contributed by atoms with Crippen molar-refractivity contribution in [3.8, 4) is 0 Å². The summed E-state index contributed by atoms with van der Waals surface area (Å²) in [5.41, 5.74) is 0. The summed E-state index contributed by atoms with van der Waals surface area (Å²) in [4.78, 5) is 10.8. The average Bonchev–Trinajstić information content (AvgIpc) is 2.03. The third kappa shape index (κ3) is 4.88. The van der Waals surface area contributed by atoms with Gasteiger partial charge in [0.2, 0.25) is 0 Å². The van der Waals surface area contributed by atoms with Gasteiger partial charge in [-0.25, -0.2) is 0 Å². The van der Waals surface area contributed by atoms with Gasteiger partial charge in [0.05, 0.1) is 0 Å². The molecule has 0 radical (unpaired) electrons. The minimum Gasteiger partial charge on any atom is -0.480 e. The Bertz CT molecular complexity index is 157. The maximum absolute atomic E-state index is 10.8. The quantitative estimate of drug-likeness (QED) is 0.667. The number of carbonyl (C=O) groups is 1. The Kier molecular flexibility index (Phi) is 5.71. The number of rotatable bonds is 6. The van der Waals surface area contributed by atoms with Gasteiger partial charge in [-0.05, 0) is 19.3 Å². The third-order valence-electron chi connectivity index (χ3n) is 2.34. The van der Waals surface area contributed by atoms with Crippen molar-refractivity contribution in [3.05, 3.63) is 0 Å². The van der Waals surface area contributed by atoms with E-state index in [2.05, 4.69) is 19.2 Å². The predicted octanol–water partition coefficient (Wildman–Crippen LogP) is 1.87. The Morgan fingerprint density at radius 1 is 1.38 bits per heavy atom. The van der Waals surface area contributed by atoms with Crippen molar-refractivity contribution in [3.63, 3.8) is 0 Å². The topological polar surface area (TPSA) is 49.3 Å². The van der Waals surface area contributed by atoms with Crippen molar-refractivity contribution >= 4 is 5.97 Å². The monoisotopic (exact) mass is 187 g/mol. The van der Waals surface area contributed by atoms with Gasteiger partial charge < -0.3 is 10.4 Å². The maximum Gasteiger partial charge on any atom is 0.320 e. The van der Waals surface area contributed by atoms with Crippen LogP contribution in [0.2, 0.25) is 0 Å². The SMILES string of the molecule is CCCC(NC(C)C(C)C)C(=O)O. The van der Waals surface area contributed by atoms with Crippen LogP contribution in [0.1, 0.15) is 40.5 Å². The number of nitrogens with one attached hydrogen (secondary N) is 1. The summed E-state index contributed by atoms with van der Waals surface area (Å²) in [5.74, 6) is -0.270. The molecule has 0 aromatic heterocycles.